The maximum absolute atomic E-state index is 10.8. The topological polar surface area (TPSA) is 64.3 Å². The van der Waals surface area contributed by atoms with Gasteiger partial charge in [-0.2, -0.15) is 0 Å². The zero-order valence-corrected chi connectivity index (χ0v) is 7.31. The van der Waals surface area contributed by atoms with Gasteiger partial charge in [-0.1, -0.05) is 0 Å². The van der Waals surface area contributed by atoms with Crippen molar-refractivity contribution in [3.8, 4) is 0 Å². The van der Waals surface area contributed by atoms with Gasteiger partial charge >= 0.3 is 0 Å². The molecule has 1 amide bonds. The van der Waals surface area contributed by atoms with Crippen LogP contribution in [0.5, 0.6) is 0 Å². The Hall–Kier alpha value is -0.610. The molecular formula is C7H16N2O2. The lowest BCUT2D eigenvalue weighted by atomic mass is 10.0. The predicted octanol–water partition coefficient (Wildman–Crippen LogP) is -0.514. The first-order valence-electron chi connectivity index (χ1n) is 3.63. The Morgan fingerprint density at radius 1 is 1.73 bits per heavy atom. The minimum Gasteiger partial charge on any atom is -0.379 e. The van der Waals surface area contributed by atoms with Gasteiger partial charge in [-0.15, -0.1) is 0 Å². The minimum atomic E-state index is -0.740. The van der Waals surface area contributed by atoms with Crippen molar-refractivity contribution in [2.24, 2.45) is 5.73 Å². The van der Waals surface area contributed by atoms with Crippen molar-refractivity contribution in [2.75, 3.05) is 20.3 Å². The number of amides is 1. The molecule has 0 spiro atoms. The first-order valence-corrected chi connectivity index (χ1v) is 3.63. The molecule has 0 aromatic rings. The van der Waals surface area contributed by atoms with E-state index in [1.54, 1.807) is 14.0 Å². The fourth-order valence-corrected chi connectivity index (χ4v) is 0.573. The number of nitrogens with one attached hydrogen (secondary N) is 1. The van der Waals surface area contributed by atoms with E-state index >= 15 is 0 Å². The van der Waals surface area contributed by atoms with Gasteiger partial charge in [-0.05, 0) is 20.9 Å². The molecule has 0 aliphatic carbocycles. The highest BCUT2D eigenvalue weighted by Gasteiger charge is 2.28. The van der Waals surface area contributed by atoms with Gasteiger partial charge < -0.3 is 15.8 Å². The number of nitrogens with two attached hydrogens (primary N) is 1. The van der Waals surface area contributed by atoms with E-state index in [1.807, 2.05) is 6.92 Å². The van der Waals surface area contributed by atoms with Gasteiger partial charge in [0.25, 0.3) is 0 Å². The highest BCUT2D eigenvalue weighted by Crippen LogP contribution is 2.01. The Labute approximate surface area is 67.1 Å². The Kier molecular flexibility index (Phi) is 4.07. The van der Waals surface area contributed by atoms with Gasteiger partial charge in [-0.25, -0.2) is 0 Å². The lowest BCUT2D eigenvalue weighted by Crippen LogP contribution is -2.54. The number of carbonyl (C=O) groups is 1. The number of ether oxygens (including phenoxy) is 1. The molecule has 0 saturated carbocycles. The van der Waals surface area contributed by atoms with E-state index in [2.05, 4.69) is 5.32 Å². The number of primary amides is 1. The fraction of sp³-hybridized carbons (Fsp3) is 0.857. The van der Waals surface area contributed by atoms with Crippen LogP contribution in [0.2, 0.25) is 0 Å². The largest absolute Gasteiger partial charge is 0.379 e. The molecule has 0 aliphatic heterocycles. The third kappa shape index (κ3) is 2.86. The number of likely N-dealkylation sites (N-methyl/N-ethyl adjacent to an activating group) is 1. The van der Waals surface area contributed by atoms with Crippen molar-refractivity contribution in [2.45, 2.75) is 19.4 Å². The molecule has 1 unspecified atom stereocenters. The first kappa shape index (κ1) is 10.4. The molecule has 0 radical (unpaired) electrons. The van der Waals surface area contributed by atoms with Crippen molar-refractivity contribution in [1.29, 1.82) is 0 Å². The lowest BCUT2D eigenvalue weighted by molar-refractivity contribution is -0.125. The van der Waals surface area contributed by atoms with Crippen LogP contribution in [0.25, 0.3) is 0 Å². The molecule has 1 atom stereocenters. The van der Waals surface area contributed by atoms with Crippen LogP contribution >= 0.6 is 0 Å². The van der Waals surface area contributed by atoms with Gasteiger partial charge in [0.05, 0.1) is 6.61 Å². The van der Waals surface area contributed by atoms with Crippen LogP contribution in [0.1, 0.15) is 13.8 Å². The summed E-state index contributed by atoms with van der Waals surface area (Å²) in [5.74, 6) is -0.395. The maximum Gasteiger partial charge on any atom is 0.239 e. The van der Waals surface area contributed by atoms with Crippen molar-refractivity contribution in [3.63, 3.8) is 0 Å². The van der Waals surface area contributed by atoms with Crippen LogP contribution in [0.15, 0.2) is 0 Å². The van der Waals surface area contributed by atoms with E-state index in [0.717, 1.165) is 0 Å². The van der Waals surface area contributed by atoms with Crippen molar-refractivity contribution < 1.29 is 9.53 Å². The smallest absolute Gasteiger partial charge is 0.239 e. The molecular weight excluding hydrogens is 144 g/mol. The molecule has 3 N–H and O–H groups in total. The summed E-state index contributed by atoms with van der Waals surface area (Å²) in [6.45, 7) is 4.49. The Balaban J connectivity index is 3.99. The lowest BCUT2D eigenvalue weighted by Gasteiger charge is -2.24. The molecule has 0 aromatic carbocycles. The molecule has 4 heteroatoms. The van der Waals surface area contributed by atoms with Crippen molar-refractivity contribution >= 4 is 5.91 Å². The molecule has 0 aromatic heterocycles. The molecule has 0 saturated heterocycles. The number of rotatable bonds is 5. The Bertz CT molecular complexity index is 138. The molecule has 11 heavy (non-hydrogen) atoms. The summed E-state index contributed by atoms with van der Waals surface area (Å²) in [6, 6.07) is 0. The third-order valence-corrected chi connectivity index (χ3v) is 1.69. The second kappa shape index (κ2) is 4.31. The summed E-state index contributed by atoms with van der Waals surface area (Å²) in [5, 5.41) is 2.81. The third-order valence-electron chi connectivity index (χ3n) is 1.69. The molecule has 66 valence electrons. The molecule has 0 fully saturated rings. The second-order valence-corrected chi connectivity index (χ2v) is 2.58. The van der Waals surface area contributed by atoms with Crippen LogP contribution in [0.3, 0.4) is 0 Å². The van der Waals surface area contributed by atoms with E-state index in [1.165, 1.54) is 0 Å². The normalized spacial score (nSPS) is 15.9. The molecule has 0 rings (SSSR count). The highest BCUT2D eigenvalue weighted by molar-refractivity contribution is 5.84. The van der Waals surface area contributed by atoms with Crippen LogP contribution in [-0.2, 0) is 9.53 Å². The monoisotopic (exact) mass is 160 g/mol. The Morgan fingerprint density at radius 3 is 2.55 bits per heavy atom. The average Bonchev–Trinajstić information content (AvgIpc) is 2.00. The van der Waals surface area contributed by atoms with Crippen LogP contribution in [0, 0.1) is 0 Å². The van der Waals surface area contributed by atoms with E-state index in [-0.39, 0.29) is 0 Å². The maximum atomic E-state index is 10.8. The summed E-state index contributed by atoms with van der Waals surface area (Å²) in [5.41, 5.74) is 4.40. The molecule has 4 nitrogen and oxygen atoms in total. The van der Waals surface area contributed by atoms with E-state index < -0.39 is 11.4 Å². The van der Waals surface area contributed by atoms with Crippen LogP contribution in [0.4, 0.5) is 0 Å². The van der Waals surface area contributed by atoms with E-state index in [4.69, 9.17) is 10.5 Å². The van der Waals surface area contributed by atoms with Crippen molar-refractivity contribution in [1.82, 2.24) is 5.32 Å². The predicted molar refractivity (Wildman–Crippen MR) is 43.2 cm³/mol. The SMILES string of the molecule is CCOCC(C)(NC)C(N)=O. The second-order valence-electron chi connectivity index (χ2n) is 2.58. The molecule has 0 bridgehead atoms. The van der Waals surface area contributed by atoms with Crippen LogP contribution in [-0.4, -0.2) is 31.7 Å². The molecule has 0 aliphatic rings. The number of carbonyl (C=O) groups excluding carboxylic acids is 1. The zero-order chi connectivity index (χ0) is 8.91. The highest BCUT2D eigenvalue weighted by atomic mass is 16.5. The molecule has 0 heterocycles. The summed E-state index contributed by atoms with van der Waals surface area (Å²) in [4.78, 5) is 10.8. The standard InChI is InChI=1S/C7H16N2O2/c1-4-11-5-7(2,9-3)6(8)10/h9H,4-5H2,1-3H3,(H2,8,10). The summed E-state index contributed by atoms with van der Waals surface area (Å²) in [7, 11) is 1.68. The average molecular weight is 160 g/mol. The first-order chi connectivity index (χ1) is 5.06. The van der Waals surface area contributed by atoms with Crippen molar-refractivity contribution in [3.05, 3.63) is 0 Å². The summed E-state index contributed by atoms with van der Waals surface area (Å²) < 4.78 is 5.09. The van der Waals surface area contributed by atoms with Gasteiger partial charge in [0.2, 0.25) is 5.91 Å². The van der Waals surface area contributed by atoms with Gasteiger partial charge in [0, 0.05) is 6.61 Å². The van der Waals surface area contributed by atoms with Gasteiger partial charge in [-0.3, -0.25) is 4.79 Å². The minimum absolute atomic E-state index is 0.315. The summed E-state index contributed by atoms with van der Waals surface area (Å²) in [6.07, 6.45) is 0. The number of hydrogen-bond donors (Lipinski definition) is 2. The zero-order valence-electron chi connectivity index (χ0n) is 7.31. The fourth-order valence-electron chi connectivity index (χ4n) is 0.573. The quantitative estimate of drug-likeness (QED) is 0.569. The van der Waals surface area contributed by atoms with E-state index in [0.29, 0.717) is 13.2 Å². The van der Waals surface area contributed by atoms with E-state index in [9.17, 15) is 4.79 Å². The summed E-state index contributed by atoms with van der Waals surface area (Å²) >= 11 is 0. The van der Waals surface area contributed by atoms with Gasteiger partial charge in [0.15, 0.2) is 0 Å². The number of hydrogen-bond acceptors (Lipinski definition) is 3. The van der Waals surface area contributed by atoms with Gasteiger partial charge in [0.1, 0.15) is 5.54 Å². The van der Waals surface area contributed by atoms with Crippen LogP contribution < -0.4 is 11.1 Å². The Morgan fingerprint density at radius 2 is 2.27 bits per heavy atom.